The Hall–Kier alpha value is -0.340. The Morgan fingerprint density at radius 3 is 2.91 bits per heavy atom. The molecule has 1 N–H and O–H groups in total. The molecule has 0 aliphatic carbocycles. The topological polar surface area (TPSA) is 23.5 Å². The lowest BCUT2D eigenvalue weighted by molar-refractivity contribution is 0.0841. The predicted molar refractivity (Wildman–Crippen MR) is 46.5 cm³/mol. The van der Waals surface area contributed by atoms with Gasteiger partial charge in [-0.25, -0.2) is 0 Å². The third-order valence-electron chi connectivity index (χ3n) is 2.51. The highest BCUT2D eigenvalue weighted by Gasteiger charge is 2.20. The van der Waals surface area contributed by atoms with E-state index in [1.54, 1.807) is 0 Å². The van der Waals surface area contributed by atoms with E-state index < -0.39 is 0 Å². The summed E-state index contributed by atoms with van der Waals surface area (Å²) < 4.78 is 0. The normalized spacial score (nSPS) is 34.7. The van der Waals surface area contributed by atoms with Gasteiger partial charge in [0.1, 0.15) is 0 Å². The summed E-state index contributed by atoms with van der Waals surface area (Å²) in [7, 11) is 2.04. The average molecular weight is 155 g/mol. The number of hydrogen-bond acceptors (Lipinski definition) is 2. The molecule has 0 amide bonds. The Labute approximate surface area is 68.5 Å². The van der Waals surface area contributed by atoms with Crippen LogP contribution in [0.3, 0.4) is 0 Å². The first kappa shape index (κ1) is 8.75. The van der Waals surface area contributed by atoms with Crippen molar-refractivity contribution in [2.75, 3.05) is 13.6 Å². The lowest BCUT2D eigenvalue weighted by atomic mass is 10.1. The summed E-state index contributed by atoms with van der Waals surface area (Å²) >= 11 is 0. The van der Waals surface area contributed by atoms with Gasteiger partial charge in [0.15, 0.2) is 0 Å². The monoisotopic (exact) mass is 155 g/mol. The summed E-state index contributed by atoms with van der Waals surface area (Å²) in [6.45, 7) is 5.11. The largest absolute Gasteiger partial charge is 0.391 e. The molecule has 0 radical (unpaired) electrons. The van der Waals surface area contributed by atoms with Gasteiger partial charge in [-0.05, 0) is 27.3 Å². The summed E-state index contributed by atoms with van der Waals surface area (Å²) in [6, 6.07) is 0.281. The lowest BCUT2D eigenvalue weighted by Gasteiger charge is -2.25. The van der Waals surface area contributed by atoms with E-state index in [9.17, 15) is 5.11 Å². The van der Waals surface area contributed by atoms with Crippen LogP contribution >= 0.6 is 0 Å². The van der Waals surface area contributed by atoms with Gasteiger partial charge in [-0.15, -0.1) is 0 Å². The van der Waals surface area contributed by atoms with Gasteiger partial charge in [-0.2, -0.15) is 0 Å². The van der Waals surface area contributed by atoms with Crippen molar-refractivity contribution in [3.05, 3.63) is 11.6 Å². The van der Waals surface area contributed by atoms with Crippen LogP contribution in [0.15, 0.2) is 11.6 Å². The van der Waals surface area contributed by atoms with Crippen molar-refractivity contribution in [1.29, 1.82) is 0 Å². The highest BCUT2D eigenvalue weighted by Crippen LogP contribution is 2.15. The van der Waals surface area contributed by atoms with Gasteiger partial charge < -0.3 is 5.11 Å². The number of aliphatic hydroxyl groups excluding tert-OH is 1. The number of aliphatic hydroxyl groups is 1. The zero-order valence-electron chi connectivity index (χ0n) is 7.54. The summed E-state index contributed by atoms with van der Waals surface area (Å²) in [4.78, 5) is 2.17. The molecule has 1 heterocycles. The number of rotatable bonds is 0. The minimum absolute atomic E-state index is 0.196. The minimum Gasteiger partial charge on any atom is -0.391 e. The summed E-state index contributed by atoms with van der Waals surface area (Å²) in [6.07, 6.45) is 2.82. The van der Waals surface area contributed by atoms with Gasteiger partial charge in [-0.3, -0.25) is 4.90 Å². The first-order chi connectivity index (χ1) is 5.11. The van der Waals surface area contributed by atoms with Crippen LogP contribution in [0, 0.1) is 0 Å². The van der Waals surface area contributed by atoms with E-state index in [0.29, 0.717) is 0 Å². The van der Waals surface area contributed by atoms with E-state index in [-0.39, 0.29) is 12.1 Å². The van der Waals surface area contributed by atoms with Crippen LogP contribution in [0.5, 0.6) is 0 Å². The predicted octanol–water partition coefficient (Wildman–Crippen LogP) is 1.02. The van der Waals surface area contributed by atoms with Crippen molar-refractivity contribution in [3.8, 4) is 0 Å². The van der Waals surface area contributed by atoms with Crippen molar-refractivity contribution < 1.29 is 5.11 Å². The van der Waals surface area contributed by atoms with Crippen molar-refractivity contribution >= 4 is 0 Å². The zero-order chi connectivity index (χ0) is 8.43. The van der Waals surface area contributed by atoms with Gasteiger partial charge in [0.05, 0.1) is 6.10 Å². The molecule has 2 nitrogen and oxygen atoms in total. The SMILES string of the molecule is CC1=CCN(C)C(C)C(O)C1. The second-order valence-electron chi connectivity index (χ2n) is 3.50. The number of likely N-dealkylation sites (N-methyl/N-ethyl adjacent to an activating group) is 1. The van der Waals surface area contributed by atoms with E-state index in [1.807, 2.05) is 7.05 Å². The molecule has 2 atom stereocenters. The third kappa shape index (κ3) is 2.04. The molecule has 0 spiro atoms. The molecular weight excluding hydrogens is 138 g/mol. The summed E-state index contributed by atoms with van der Waals surface area (Å²) in [5.74, 6) is 0. The second-order valence-corrected chi connectivity index (χ2v) is 3.50. The molecule has 1 rings (SSSR count). The quantitative estimate of drug-likeness (QED) is 0.528. The maximum Gasteiger partial charge on any atom is 0.0729 e. The summed E-state index contributed by atoms with van der Waals surface area (Å²) in [5.41, 5.74) is 1.30. The molecule has 0 saturated heterocycles. The van der Waals surface area contributed by atoms with Gasteiger partial charge in [-0.1, -0.05) is 11.6 Å². The molecular formula is C9H17NO. The molecule has 0 saturated carbocycles. The molecule has 0 bridgehead atoms. The van der Waals surface area contributed by atoms with Crippen LogP contribution in [-0.4, -0.2) is 35.7 Å². The Morgan fingerprint density at radius 1 is 1.64 bits per heavy atom. The first-order valence-corrected chi connectivity index (χ1v) is 4.15. The molecule has 0 aromatic rings. The van der Waals surface area contributed by atoms with Crippen molar-refractivity contribution in [1.82, 2.24) is 4.90 Å². The molecule has 64 valence electrons. The van der Waals surface area contributed by atoms with E-state index in [2.05, 4.69) is 24.8 Å². The van der Waals surface area contributed by atoms with Crippen LogP contribution in [0.25, 0.3) is 0 Å². The first-order valence-electron chi connectivity index (χ1n) is 4.15. The highest BCUT2D eigenvalue weighted by molar-refractivity contribution is 5.05. The number of nitrogens with zero attached hydrogens (tertiary/aromatic N) is 1. The van der Waals surface area contributed by atoms with Crippen LogP contribution in [0.4, 0.5) is 0 Å². The van der Waals surface area contributed by atoms with Crippen LogP contribution < -0.4 is 0 Å². The lowest BCUT2D eigenvalue weighted by Crippen LogP contribution is -2.37. The Kier molecular flexibility index (Phi) is 2.68. The van der Waals surface area contributed by atoms with Crippen molar-refractivity contribution in [2.24, 2.45) is 0 Å². The van der Waals surface area contributed by atoms with Gasteiger partial charge >= 0.3 is 0 Å². The molecule has 1 aliphatic heterocycles. The van der Waals surface area contributed by atoms with Gasteiger partial charge in [0.2, 0.25) is 0 Å². The fraction of sp³-hybridized carbons (Fsp3) is 0.778. The second kappa shape index (κ2) is 3.37. The Balaban J connectivity index is 2.65. The molecule has 0 fully saturated rings. The molecule has 11 heavy (non-hydrogen) atoms. The maximum absolute atomic E-state index is 9.62. The van der Waals surface area contributed by atoms with Gasteiger partial charge in [0.25, 0.3) is 0 Å². The zero-order valence-corrected chi connectivity index (χ0v) is 7.54. The Bertz CT molecular complexity index is 165. The van der Waals surface area contributed by atoms with Crippen LogP contribution in [0.2, 0.25) is 0 Å². The smallest absolute Gasteiger partial charge is 0.0729 e. The van der Waals surface area contributed by atoms with Gasteiger partial charge in [0, 0.05) is 12.6 Å². The van der Waals surface area contributed by atoms with E-state index in [1.165, 1.54) is 5.57 Å². The molecule has 2 unspecified atom stereocenters. The van der Waals surface area contributed by atoms with Crippen LogP contribution in [-0.2, 0) is 0 Å². The third-order valence-corrected chi connectivity index (χ3v) is 2.51. The minimum atomic E-state index is -0.196. The molecule has 1 aliphatic rings. The Morgan fingerprint density at radius 2 is 2.27 bits per heavy atom. The molecule has 0 aromatic heterocycles. The highest BCUT2D eigenvalue weighted by atomic mass is 16.3. The van der Waals surface area contributed by atoms with E-state index >= 15 is 0 Å². The van der Waals surface area contributed by atoms with Crippen molar-refractivity contribution in [2.45, 2.75) is 32.4 Å². The molecule has 0 aromatic carbocycles. The fourth-order valence-electron chi connectivity index (χ4n) is 1.34. The maximum atomic E-state index is 9.62. The van der Waals surface area contributed by atoms with Crippen molar-refractivity contribution in [3.63, 3.8) is 0 Å². The average Bonchev–Trinajstić information content (AvgIpc) is 2.05. The summed E-state index contributed by atoms with van der Waals surface area (Å²) in [5, 5.41) is 9.62. The van der Waals surface area contributed by atoms with Crippen LogP contribution in [0.1, 0.15) is 20.3 Å². The molecule has 2 heteroatoms. The van der Waals surface area contributed by atoms with E-state index in [0.717, 1.165) is 13.0 Å². The number of hydrogen-bond donors (Lipinski definition) is 1. The standard InChI is InChI=1S/C9H17NO/c1-7-4-5-10(3)8(2)9(11)6-7/h4,8-9,11H,5-6H2,1-3H3. The fourth-order valence-corrected chi connectivity index (χ4v) is 1.34. The van der Waals surface area contributed by atoms with E-state index in [4.69, 9.17) is 0 Å².